The summed E-state index contributed by atoms with van der Waals surface area (Å²) in [7, 11) is -3.12. The number of nitrogens with one attached hydrogen (secondary N) is 1. The molecular formula is C22H19FN4O3S2. The molecule has 1 N–H and O–H groups in total. The van der Waals surface area contributed by atoms with E-state index in [2.05, 4.69) is 10.4 Å². The maximum Gasteiger partial charge on any atom is 0.256 e. The van der Waals surface area contributed by atoms with Crippen molar-refractivity contribution in [3.05, 3.63) is 64.9 Å². The minimum Gasteiger partial charge on any atom is -0.322 e. The summed E-state index contributed by atoms with van der Waals surface area (Å²) in [4.78, 5) is 18.9. The number of carbonyl (C=O) groups excluding carboxylic acids is 1. The quantitative estimate of drug-likeness (QED) is 0.482. The normalized spacial score (nSPS) is 17.6. The van der Waals surface area contributed by atoms with Gasteiger partial charge in [-0.3, -0.25) is 4.79 Å². The van der Waals surface area contributed by atoms with Crippen LogP contribution in [0.3, 0.4) is 0 Å². The van der Waals surface area contributed by atoms with Crippen molar-refractivity contribution >= 4 is 43.8 Å². The number of aromatic nitrogens is 3. The van der Waals surface area contributed by atoms with E-state index in [1.54, 1.807) is 17.7 Å². The van der Waals surface area contributed by atoms with Gasteiger partial charge >= 0.3 is 0 Å². The molecule has 3 aromatic heterocycles. The first-order valence-electron chi connectivity index (χ1n) is 10.0. The predicted molar refractivity (Wildman–Crippen MR) is 122 cm³/mol. The second-order valence-electron chi connectivity index (χ2n) is 7.78. The molecule has 0 aliphatic carbocycles. The lowest BCUT2D eigenvalue weighted by atomic mass is 10.1. The third-order valence-electron chi connectivity index (χ3n) is 5.51. The van der Waals surface area contributed by atoms with Gasteiger partial charge in [0.05, 0.1) is 44.8 Å². The third kappa shape index (κ3) is 3.80. The van der Waals surface area contributed by atoms with E-state index >= 15 is 0 Å². The SMILES string of the molecule is Cc1nn([C@@H]2CCS(=O)(=O)C2)c2nc(-c3cccs3)cc(C(=O)Nc3ccc(F)cc3)c12. The molecule has 0 radical (unpaired) electrons. The van der Waals surface area contributed by atoms with Crippen molar-refractivity contribution in [3.63, 3.8) is 0 Å². The van der Waals surface area contributed by atoms with E-state index in [1.807, 2.05) is 17.5 Å². The summed E-state index contributed by atoms with van der Waals surface area (Å²) in [6, 6.07) is 10.7. The summed E-state index contributed by atoms with van der Waals surface area (Å²) in [5.41, 5.74) is 2.54. The van der Waals surface area contributed by atoms with Gasteiger partial charge in [0, 0.05) is 5.69 Å². The van der Waals surface area contributed by atoms with Crippen LogP contribution < -0.4 is 5.32 Å². The first kappa shape index (κ1) is 20.8. The van der Waals surface area contributed by atoms with Crippen LogP contribution in [-0.4, -0.2) is 40.6 Å². The molecule has 0 unspecified atom stereocenters. The standard InChI is InChI=1S/C22H19FN4O3S2/c1-13-20-17(22(28)24-15-6-4-14(23)5-7-15)11-18(19-3-2-9-31-19)25-21(20)27(26-13)16-8-10-32(29,30)12-16/h2-7,9,11,16H,8,10,12H2,1H3,(H,24,28)/t16-/m1/s1. The van der Waals surface area contributed by atoms with Crippen molar-refractivity contribution in [2.45, 2.75) is 19.4 Å². The maximum absolute atomic E-state index is 13.3. The van der Waals surface area contributed by atoms with Crippen LogP contribution in [0.25, 0.3) is 21.6 Å². The largest absolute Gasteiger partial charge is 0.322 e. The number of sulfone groups is 1. The van der Waals surface area contributed by atoms with E-state index < -0.39 is 15.7 Å². The number of anilines is 1. The minimum atomic E-state index is -3.12. The van der Waals surface area contributed by atoms with Crippen LogP contribution in [0.5, 0.6) is 0 Å². The Morgan fingerprint density at radius 3 is 2.69 bits per heavy atom. The Morgan fingerprint density at radius 1 is 1.25 bits per heavy atom. The number of fused-ring (bicyclic) bond motifs is 1. The van der Waals surface area contributed by atoms with Crippen molar-refractivity contribution in [1.29, 1.82) is 0 Å². The fourth-order valence-corrected chi connectivity index (χ4v) is 6.38. The molecule has 0 bridgehead atoms. The molecule has 7 nitrogen and oxygen atoms in total. The highest BCUT2D eigenvalue weighted by Gasteiger charge is 2.32. The number of amides is 1. The summed E-state index contributed by atoms with van der Waals surface area (Å²) in [6.45, 7) is 1.78. The van der Waals surface area contributed by atoms with Crippen molar-refractivity contribution in [3.8, 4) is 10.6 Å². The Bertz CT molecular complexity index is 1430. The highest BCUT2D eigenvalue weighted by atomic mass is 32.2. The second kappa shape index (κ2) is 7.79. The van der Waals surface area contributed by atoms with Gasteiger partial charge in [-0.2, -0.15) is 5.10 Å². The number of thiophene rings is 1. The van der Waals surface area contributed by atoms with Crippen LogP contribution in [0, 0.1) is 12.7 Å². The van der Waals surface area contributed by atoms with E-state index in [0.717, 1.165) is 4.88 Å². The topological polar surface area (TPSA) is 93.9 Å². The van der Waals surface area contributed by atoms with E-state index in [0.29, 0.717) is 40.1 Å². The number of pyridine rings is 1. The van der Waals surface area contributed by atoms with Crippen LogP contribution >= 0.6 is 11.3 Å². The fraction of sp³-hybridized carbons (Fsp3) is 0.227. The Labute approximate surface area is 187 Å². The smallest absolute Gasteiger partial charge is 0.256 e. The molecule has 1 amide bonds. The molecule has 32 heavy (non-hydrogen) atoms. The zero-order valence-electron chi connectivity index (χ0n) is 17.1. The highest BCUT2D eigenvalue weighted by Crippen LogP contribution is 2.33. The molecule has 4 heterocycles. The number of rotatable bonds is 4. The van der Waals surface area contributed by atoms with Crippen LogP contribution in [0.4, 0.5) is 10.1 Å². The van der Waals surface area contributed by atoms with E-state index in [4.69, 9.17) is 4.98 Å². The average molecular weight is 471 g/mol. The number of carbonyl (C=O) groups is 1. The molecule has 1 atom stereocenters. The van der Waals surface area contributed by atoms with Crippen LogP contribution in [0.1, 0.15) is 28.5 Å². The molecule has 1 aromatic carbocycles. The number of aryl methyl sites for hydroxylation is 1. The Balaban J connectivity index is 1.66. The van der Waals surface area contributed by atoms with Gasteiger partial charge in [-0.15, -0.1) is 11.3 Å². The second-order valence-corrected chi connectivity index (χ2v) is 11.0. The van der Waals surface area contributed by atoms with Gasteiger partial charge in [0.2, 0.25) is 0 Å². The summed E-state index contributed by atoms with van der Waals surface area (Å²) >= 11 is 1.49. The monoisotopic (exact) mass is 470 g/mol. The molecule has 4 aromatic rings. The summed E-state index contributed by atoms with van der Waals surface area (Å²) in [5.74, 6) is -0.646. The molecule has 0 saturated carbocycles. The van der Waals surface area contributed by atoms with Crippen LogP contribution in [0.2, 0.25) is 0 Å². The zero-order valence-corrected chi connectivity index (χ0v) is 18.7. The van der Waals surface area contributed by atoms with E-state index in [-0.39, 0.29) is 23.5 Å². The Hall–Kier alpha value is -3.11. The minimum absolute atomic E-state index is 0.00520. The van der Waals surface area contributed by atoms with Crippen molar-refractivity contribution in [2.24, 2.45) is 0 Å². The first-order chi connectivity index (χ1) is 15.3. The maximum atomic E-state index is 13.3. The Morgan fingerprint density at radius 2 is 2.03 bits per heavy atom. The van der Waals surface area contributed by atoms with Crippen LogP contribution in [-0.2, 0) is 9.84 Å². The first-order valence-corrected chi connectivity index (χ1v) is 12.7. The fourth-order valence-electron chi connectivity index (χ4n) is 4.00. The average Bonchev–Trinajstić information content (AvgIpc) is 3.48. The Kier molecular flexibility index (Phi) is 5.06. The molecule has 1 aliphatic heterocycles. The predicted octanol–water partition coefficient (Wildman–Crippen LogP) is 4.22. The van der Waals surface area contributed by atoms with Crippen molar-refractivity contribution in [2.75, 3.05) is 16.8 Å². The zero-order chi connectivity index (χ0) is 22.5. The van der Waals surface area contributed by atoms with Crippen molar-refractivity contribution in [1.82, 2.24) is 14.8 Å². The molecule has 1 aliphatic rings. The van der Waals surface area contributed by atoms with E-state index in [9.17, 15) is 17.6 Å². The van der Waals surface area contributed by atoms with Gasteiger partial charge in [-0.05, 0) is 55.1 Å². The highest BCUT2D eigenvalue weighted by molar-refractivity contribution is 7.91. The van der Waals surface area contributed by atoms with Crippen molar-refractivity contribution < 1.29 is 17.6 Å². The van der Waals surface area contributed by atoms with Gasteiger partial charge in [0.25, 0.3) is 5.91 Å². The number of benzene rings is 1. The number of halogens is 1. The molecular weight excluding hydrogens is 451 g/mol. The summed E-state index contributed by atoms with van der Waals surface area (Å²) in [5, 5.41) is 9.89. The molecule has 1 saturated heterocycles. The molecule has 1 fully saturated rings. The van der Waals surface area contributed by atoms with Gasteiger partial charge in [-0.1, -0.05) is 6.07 Å². The molecule has 10 heteroatoms. The van der Waals surface area contributed by atoms with Gasteiger partial charge < -0.3 is 5.32 Å². The summed E-state index contributed by atoms with van der Waals surface area (Å²) < 4.78 is 39.0. The molecule has 5 rings (SSSR count). The molecule has 164 valence electrons. The van der Waals surface area contributed by atoms with Gasteiger partial charge in [0.15, 0.2) is 15.5 Å². The van der Waals surface area contributed by atoms with Gasteiger partial charge in [-0.25, -0.2) is 22.5 Å². The van der Waals surface area contributed by atoms with E-state index in [1.165, 1.54) is 35.6 Å². The lowest BCUT2D eigenvalue weighted by molar-refractivity contribution is 0.102. The number of hydrogen-bond acceptors (Lipinski definition) is 6. The lowest BCUT2D eigenvalue weighted by Crippen LogP contribution is -2.15. The van der Waals surface area contributed by atoms with Gasteiger partial charge in [0.1, 0.15) is 5.82 Å². The van der Waals surface area contributed by atoms with Crippen LogP contribution in [0.15, 0.2) is 47.8 Å². The number of nitrogens with zero attached hydrogens (tertiary/aromatic N) is 3. The summed E-state index contributed by atoms with van der Waals surface area (Å²) in [6.07, 6.45) is 0.459. The third-order valence-corrected chi connectivity index (χ3v) is 8.15. The molecule has 0 spiro atoms. The lowest BCUT2D eigenvalue weighted by Gasteiger charge is -2.12. The number of hydrogen-bond donors (Lipinski definition) is 1.